The van der Waals surface area contributed by atoms with E-state index in [-0.39, 0.29) is 11.2 Å². The summed E-state index contributed by atoms with van der Waals surface area (Å²) in [5, 5.41) is 0.553. The van der Waals surface area contributed by atoms with Gasteiger partial charge in [0, 0.05) is 22.2 Å². The standard InChI is InChI=1S/C12H12FNO/c1-6-8(3)14-11-7(2)10(13)5-4-9(11)12(6)15/h4-5H,1-3H3,(H,14,15). The van der Waals surface area contributed by atoms with Gasteiger partial charge in [0.2, 0.25) is 0 Å². The first kappa shape index (κ1) is 9.90. The minimum absolute atomic E-state index is 0.0237. The van der Waals surface area contributed by atoms with Gasteiger partial charge in [-0.25, -0.2) is 4.39 Å². The van der Waals surface area contributed by atoms with Crippen LogP contribution in [-0.4, -0.2) is 4.98 Å². The zero-order valence-corrected chi connectivity index (χ0v) is 8.94. The Balaban J connectivity index is 3.06. The molecular weight excluding hydrogens is 193 g/mol. The summed E-state index contributed by atoms with van der Waals surface area (Å²) < 4.78 is 13.3. The molecule has 0 saturated carbocycles. The average molecular weight is 205 g/mol. The van der Waals surface area contributed by atoms with E-state index in [1.807, 2.05) is 6.92 Å². The second-order valence-corrected chi connectivity index (χ2v) is 3.80. The van der Waals surface area contributed by atoms with Gasteiger partial charge in [0.05, 0.1) is 5.52 Å². The zero-order valence-electron chi connectivity index (χ0n) is 8.94. The largest absolute Gasteiger partial charge is 0.358 e. The number of hydrogen-bond acceptors (Lipinski definition) is 1. The van der Waals surface area contributed by atoms with Crippen LogP contribution in [0.25, 0.3) is 10.9 Å². The maximum absolute atomic E-state index is 13.3. The number of pyridine rings is 1. The van der Waals surface area contributed by atoms with Crippen LogP contribution in [0.3, 0.4) is 0 Å². The van der Waals surface area contributed by atoms with E-state index >= 15 is 0 Å². The van der Waals surface area contributed by atoms with Crippen molar-refractivity contribution >= 4 is 10.9 Å². The van der Waals surface area contributed by atoms with Crippen molar-refractivity contribution in [2.45, 2.75) is 20.8 Å². The summed E-state index contributed by atoms with van der Waals surface area (Å²) in [5.41, 5.74) is 2.55. The van der Waals surface area contributed by atoms with Crippen molar-refractivity contribution in [1.82, 2.24) is 4.98 Å². The smallest absolute Gasteiger partial charge is 0.192 e. The lowest BCUT2D eigenvalue weighted by Gasteiger charge is -2.07. The molecule has 3 heteroatoms. The summed E-state index contributed by atoms with van der Waals surface area (Å²) in [6, 6.07) is 2.87. The molecule has 0 aliphatic rings. The Morgan fingerprint density at radius 1 is 1.13 bits per heavy atom. The van der Waals surface area contributed by atoms with E-state index in [0.29, 0.717) is 22.0 Å². The Morgan fingerprint density at radius 2 is 1.80 bits per heavy atom. The number of aryl methyl sites for hydroxylation is 2. The van der Waals surface area contributed by atoms with Crippen LogP contribution in [0.4, 0.5) is 4.39 Å². The van der Waals surface area contributed by atoms with Gasteiger partial charge in [-0.05, 0) is 32.9 Å². The van der Waals surface area contributed by atoms with Crippen LogP contribution < -0.4 is 5.43 Å². The molecular formula is C12H12FNO. The number of H-pyrrole nitrogens is 1. The van der Waals surface area contributed by atoms with E-state index in [1.54, 1.807) is 13.8 Å². The van der Waals surface area contributed by atoms with Crippen molar-refractivity contribution in [3.8, 4) is 0 Å². The molecule has 1 heterocycles. The van der Waals surface area contributed by atoms with Gasteiger partial charge in [0.25, 0.3) is 0 Å². The third kappa shape index (κ3) is 1.35. The van der Waals surface area contributed by atoms with Gasteiger partial charge in [0.1, 0.15) is 5.82 Å². The summed E-state index contributed by atoms with van der Waals surface area (Å²) in [7, 11) is 0. The van der Waals surface area contributed by atoms with Crippen LogP contribution >= 0.6 is 0 Å². The number of aromatic nitrogens is 1. The third-order valence-electron chi connectivity index (χ3n) is 2.86. The van der Waals surface area contributed by atoms with E-state index in [1.165, 1.54) is 12.1 Å². The van der Waals surface area contributed by atoms with Crippen molar-refractivity contribution < 1.29 is 4.39 Å². The molecule has 0 bridgehead atoms. The van der Waals surface area contributed by atoms with Crippen molar-refractivity contribution in [2.75, 3.05) is 0 Å². The van der Waals surface area contributed by atoms with Crippen molar-refractivity contribution in [3.05, 3.63) is 45.0 Å². The summed E-state index contributed by atoms with van der Waals surface area (Å²) in [4.78, 5) is 14.9. The molecule has 0 unspecified atom stereocenters. The molecule has 0 amide bonds. The van der Waals surface area contributed by atoms with Gasteiger partial charge in [-0.2, -0.15) is 0 Å². The van der Waals surface area contributed by atoms with Gasteiger partial charge in [-0.3, -0.25) is 4.79 Å². The molecule has 1 aromatic carbocycles. The molecule has 0 radical (unpaired) electrons. The van der Waals surface area contributed by atoms with Gasteiger partial charge < -0.3 is 4.98 Å². The van der Waals surface area contributed by atoms with E-state index in [0.717, 1.165) is 5.69 Å². The maximum atomic E-state index is 13.3. The van der Waals surface area contributed by atoms with Crippen LogP contribution in [0.15, 0.2) is 16.9 Å². The van der Waals surface area contributed by atoms with Gasteiger partial charge in [-0.15, -0.1) is 0 Å². The molecule has 1 aromatic heterocycles. The predicted octanol–water partition coefficient (Wildman–Crippen LogP) is 2.59. The highest BCUT2D eigenvalue weighted by molar-refractivity contribution is 5.82. The maximum Gasteiger partial charge on any atom is 0.192 e. The van der Waals surface area contributed by atoms with Crippen molar-refractivity contribution in [3.63, 3.8) is 0 Å². The Morgan fingerprint density at radius 3 is 2.47 bits per heavy atom. The molecule has 0 aliphatic carbocycles. The monoisotopic (exact) mass is 205 g/mol. The van der Waals surface area contributed by atoms with E-state index in [9.17, 15) is 9.18 Å². The van der Waals surface area contributed by atoms with Gasteiger partial charge in [-0.1, -0.05) is 0 Å². The molecule has 0 spiro atoms. The Labute approximate surface area is 86.8 Å². The highest BCUT2D eigenvalue weighted by Gasteiger charge is 2.09. The number of nitrogens with one attached hydrogen (secondary N) is 1. The lowest BCUT2D eigenvalue weighted by molar-refractivity contribution is 0.620. The summed E-state index contributed by atoms with van der Waals surface area (Å²) >= 11 is 0. The van der Waals surface area contributed by atoms with Gasteiger partial charge in [0.15, 0.2) is 5.43 Å². The minimum atomic E-state index is -0.290. The van der Waals surface area contributed by atoms with Crippen molar-refractivity contribution in [2.24, 2.45) is 0 Å². The molecule has 0 fully saturated rings. The van der Waals surface area contributed by atoms with Crippen LogP contribution in [0.1, 0.15) is 16.8 Å². The number of rotatable bonds is 0. The van der Waals surface area contributed by atoms with Crippen LogP contribution in [0.2, 0.25) is 0 Å². The summed E-state index contributed by atoms with van der Waals surface area (Å²) in [6.45, 7) is 5.26. The molecule has 2 aromatic rings. The summed E-state index contributed by atoms with van der Waals surface area (Å²) in [6.07, 6.45) is 0. The number of aromatic amines is 1. The average Bonchev–Trinajstić information content (AvgIpc) is 2.21. The quantitative estimate of drug-likeness (QED) is 0.704. The normalized spacial score (nSPS) is 10.9. The molecule has 1 N–H and O–H groups in total. The zero-order chi connectivity index (χ0) is 11.2. The Hall–Kier alpha value is -1.64. The fourth-order valence-corrected chi connectivity index (χ4v) is 1.69. The molecule has 0 saturated heterocycles. The SMILES string of the molecule is Cc1[nH]c2c(C)c(F)ccc2c(=O)c1C. The Kier molecular flexibility index (Phi) is 2.11. The highest BCUT2D eigenvalue weighted by atomic mass is 19.1. The van der Waals surface area contributed by atoms with Gasteiger partial charge >= 0.3 is 0 Å². The first-order valence-corrected chi connectivity index (χ1v) is 4.80. The van der Waals surface area contributed by atoms with E-state index in [2.05, 4.69) is 4.98 Å². The molecule has 78 valence electrons. The molecule has 0 atom stereocenters. The molecule has 2 rings (SSSR count). The minimum Gasteiger partial charge on any atom is -0.358 e. The topological polar surface area (TPSA) is 32.9 Å². The number of benzene rings is 1. The highest BCUT2D eigenvalue weighted by Crippen LogP contribution is 2.17. The third-order valence-corrected chi connectivity index (χ3v) is 2.86. The molecule has 15 heavy (non-hydrogen) atoms. The lowest BCUT2D eigenvalue weighted by Crippen LogP contribution is -2.10. The van der Waals surface area contributed by atoms with E-state index in [4.69, 9.17) is 0 Å². The van der Waals surface area contributed by atoms with Crippen molar-refractivity contribution in [1.29, 1.82) is 0 Å². The lowest BCUT2D eigenvalue weighted by atomic mass is 10.1. The second-order valence-electron chi connectivity index (χ2n) is 3.80. The Bertz CT molecular complexity index is 599. The summed E-state index contributed by atoms with van der Waals surface area (Å²) in [5.74, 6) is -0.290. The van der Waals surface area contributed by atoms with Crippen LogP contribution in [0, 0.1) is 26.6 Å². The fraction of sp³-hybridized carbons (Fsp3) is 0.250. The first-order chi connectivity index (χ1) is 7.02. The molecule has 0 aliphatic heterocycles. The molecule has 2 nitrogen and oxygen atoms in total. The van der Waals surface area contributed by atoms with Crippen LogP contribution in [-0.2, 0) is 0 Å². The fourth-order valence-electron chi connectivity index (χ4n) is 1.69. The number of fused-ring (bicyclic) bond motifs is 1. The van der Waals surface area contributed by atoms with Crippen LogP contribution in [0.5, 0.6) is 0 Å². The first-order valence-electron chi connectivity index (χ1n) is 4.80. The second kappa shape index (κ2) is 3.19. The number of halogens is 1. The predicted molar refractivity (Wildman–Crippen MR) is 58.7 cm³/mol. The van der Waals surface area contributed by atoms with E-state index < -0.39 is 0 Å². The number of hydrogen-bond donors (Lipinski definition) is 1.